The van der Waals surface area contributed by atoms with Gasteiger partial charge in [0.25, 0.3) is 0 Å². The number of carbonyl (C=O) groups excluding carboxylic acids is 1. The third-order valence-electron chi connectivity index (χ3n) is 4.39. The number of benzene rings is 1. The van der Waals surface area contributed by atoms with E-state index in [1.807, 2.05) is 24.3 Å². The van der Waals surface area contributed by atoms with Gasteiger partial charge in [0.05, 0.1) is 6.61 Å². The molecule has 1 aromatic carbocycles. The lowest BCUT2D eigenvalue weighted by Gasteiger charge is -2.34. The Balaban J connectivity index is 0.00000288. The predicted octanol–water partition coefficient (Wildman–Crippen LogP) is 1.04. The quantitative estimate of drug-likeness (QED) is 0.774. The van der Waals surface area contributed by atoms with Crippen molar-refractivity contribution in [1.29, 1.82) is 0 Å². The van der Waals surface area contributed by atoms with Crippen LogP contribution >= 0.6 is 12.4 Å². The molecule has 1 aliphatic heterocycles. The molecule has 0 radical (unpaired) electrons. The second-order valence-corrected chi connectivity index (χ2v) is 8.23. The number of sulfone groups is 1. The van der Waals surface area contributed by atoms with E-state index in [1.54, 1.807) is 7.11 Å². The van der Waals surface area contributed by atoms with Crippen molar-refractivity contribution in [2.24, 2.45) is 0 Å². The van der Waals surface area contributed by atoms with Crippen molar-refractivity contribution in [3.05, 3.63) is 35.4 Å². The Kier molecular flexibility index (Phi) is 7.66. The first-order chi connectivity index (χ1) is 10.9. The van der Waals surface area contributed by atoms with Gasteiger partial charge in [0.2, 0.25) is 5.91 Å². The Morgan fingerprint density at radius 3 is 2.38 bits per heavy atom. The van der Waals surface area contributed by atoms with Crippen LogP contribution in [0.3, 0.4) is 0 Å². The smallest absolute Gasteiger partial charge is 0.241 e. The highest BCUT2D eigenvalue weighted by Crippen LogP contribution is 2.28. The molecule has 0 unspecified atom stereocenters. The van der Waals surface area contributed by atoms with Crippen LogP contribution in [0.1, 0.15) is 24.0 Å². The molecule has 0 aliphatic carbocycles. The summed E-state index contributed by atoms with van der Waals surface area (Å²) >= 11 is 0. The predicted molar refractivity (Wildman–Crippen MR) is 95.9 cm³/mol. The lowest BCUT2D eigenvalue weighted by molar-refractivity contribution is -0.124. The fraction of sp³-hybridized carbons (Fsp3) is 0.562. The fourth-order valence-corrected chi connectivity index (χ4v) is 4.31. The molecule has 1 aliphatic rings. The van der Waals surface area contributed by atoms with Crippen molar-refractivity contribution in [2.45, 2.75) is 30.7 Å². The third kappa shape index (κ3) is 4.47. The molecule has 0 saturated carbocycles. The van der Waals surface area contributed by atoms with Gasteiger partial charge in [-0.3, -0.25) is 4.79 Å². The second-order valence-electron chi connectivity index (χ2n) is 5.90. The topological polar surface area (TPSA) is 84.5 Å². The van der Waals surface area contributed by atoms with E-state index in [2.05, 4.69) is 10.6 Å². The highest BCUT2D eigenvalue weighted by Gasteiger charge is 2.48. The number of hydrogen-bond donors (Lipinski definition) is 2. The number of nitrogens with one attached hydrogen (secondary N) is 2. The molecule has 0 aromatic heterocycles. The number of methoxy groups -OCH3 is 1. The monoisotopic (exact) mass is 376 g/mol. The van der Waals surface area contributed by atoms with Crippen molar-refractivity contribution in [3.8, 4) is 0 Å². The van der Waals surface area contributed by atoms with Gasteiger partial charge in [-0.15, -0.1) is 12.4 Å². The summed E-state index contributed by atoms with van der Waals surface area (Å²) in [6.07, 6.45) is 1.76. The number of piperidine rings is 1. The van der Waals surface area contributed by atoms with Crippen LogP contribution in [0, 0.1) is 0 Å². The molecule has 6 nitrogen and oxygen atoms in total. The van der Waals surface area contributed by atoms with Gasteiger partial charge in [0.15, 0.2) is 14.6 Å². The zero-order valence-electron chi connectivity index (χ0n) is 14.0. The molecule has 8 heteroatoms. The van der Waals surface area contributed by atoms with Crippen LogP contribution in [-0.2, 0) is 32.5 Å². The van der Waals surface area contributed by atoms with Crippen LogP contribution in [-0.4, -0.2) is 45.5 Å². The van der Waals surface area contributed by atoms with E-state index in [4.69, 9.17) is 4.74 Å². The largest absolute Gasteiger partial charge is 0.380 e. The van der Waals surface area contributed by atoms with Gasteiger partial charge in [0.1, 0.15) is 0 Å². The maximum Gasteiger partial charge on any atom is 0.241 e. The summed E-state index contributed by atoms with van der Waals surface area (Å²) in [7, 11) is -1.87. The number of rotatable bonds is 6. The zero-order valence-corrected chi connectivity index (χ0v) is 15.6. The van der Waals surface area contributed by atoms with E-state index in [0.29, 0.717) is 39.1 Å². The van der Waals surface area contributed by atoms with Crippen LogP contribution in [0.5, 0.6) is 0 Å². The summed E-state index contributed by atoms with van der Waals surface area (Å²) in [6.45, 7) is 1.80. The standard InChI is InChI=1S/C16H24N2O4S.ClH/c1-22-12-14-6-4-3-5-13(14)11-18-15(19)16(23(2,20)21)7-9-17-10-8-16;/h3-6,17H,7-12H2,1-2H3,(H,18,19);1H. The minimum atomic E-state index is -3.49. The molecule has 1 fully saturated rings. The molecule has 24 heavy (non-hydrogen) atoms. The number of halogens is 1. The fourth-order valence-electron chi connectivity index (χ4n) is 2.96. The van der Waals surface area contributed by atoms with Gasteiger partial charge in [0, 0.05) is 19.9 Å². The van der Waals surface area contributed by atoms with E-state index >= 15 is 0 Å². The van der Waals surface area contributed by atoms with Gasteiger partial charge < -0.3 is 15.4 Å². The molecule has 0 spiro atoms. The number of amides is 1. The molecule has 0 atom stereocenters. The van der Waals surface area contributed by atoms with Crippen molar-refractivity contribution in [3.63, 3.8) is 0 Å². The van der Waals surface area contributed by atoms with Crippen molar-refractivity contribution >= 4 is 28.2 Å². The van der Waals surface area contributed by atoms with Crippen LogP contribution in [0.15, 0.2) is 24.3 Å². The number of carbonyl (C=O) groups is 1. The molecule has 136 valence electrons. The molecule has 1 heterocycles. The highest BCUT2D eigenvalue weighted by atomic mass is 35.5. The summed E-state index contributed by atoms with van der Waals surface area (Å²) in [5.41, 5.74) is 1.91. The Morgan fingerprint density at radius 1 is 1.25 bits per heavy atom. The minimum Gasteiger partial charge on any atom is -0.380 e. The molecule has 1 saturated heterocycles. The molecule has 2 rings (SSSR count). The van der Waals surface area contributed by atoms with Gasteiger partial charge in [-0.25, -0.2) is 8.42 Å². The van der Waals surface area contributed by atoms with E-state index in [0.717, 1.165) is 17.4 Å². The van der Waals surface area contributed by atoms with Gasteiger partial charge in [-0.05, 0) is 37.1 Å². The average molecular weight is 377 g/mol. The van der Waals surface area contributed by atoms with Crippen LogP contribution in [0.4, 0.5) is 0 Å². The van der Waals surface area contributed by atoms with Crippen LogP contribution in [0.25, 0.3) is 0 Å². The van der Waals surface area contributed by atoms with E-state index < -0.39 is 20.5 Å². The molecule has 0 bridgehead atoms. The van der Waals surface area contributed by atoms with Gasteiger partial charge in [-0.2, -0.15) is 0 Å². The lowest BCUT2D eigenvalue weighted by Crippen LogP contribution is -2.57. The highest BCUT2D eigenvalue weighted by molar-refractivity contribution is 7.92. The molecule has 1 aromatic rings. The Hall–Kier alpha value is -1.15. The number of ether oxygens (including phenoxy) is 1. The van der Waals surface area contributed by atoms with Crippen molar-refractivity contribution in [2.75, 3.05) is 26.5 Å². The lowest BCUT2D eigenvalue weighted by atomic mass is 9.95. The first kappa shape index (κ1) is 20.9. The van der Waals surface area contributed by atoms with Crippen molar-refractivity contribution in [1.82, 2.24) is 10.6 Å². The average Bonchev–Trinajstić information content (AvgIpc) is 2.53. The second kappa shape index (κ2) is 8.80. The summed E-state index contributed by atoms with van der Waals surface area (Å²) in [4.78, 5) is 12.7. The Bertz CT molecular complexity index is 658. The Labute approximate surface area is 149 Å². The first-order valence-corrected chi connectivity index (χ1v) is 9.54. The first-order valence-electron chi connectivity index (χ1n) is 7.65. The van der Waals surface area contributed by atoms with E-state index in [-0.39, 0.29) is 12.4 Å². The van der Waals surface area contributed by atoms with Crippen LogP contribution in [0.2, 0.25) is 0 Å². The number of hydrogen-bond acceptors (Lipinski definition) is 5. The van der Waals surface area contributed by atoms with Gasteiger partial charge >= 0.3 is 0 Å². The maximum atomic E-state index is 12.7. The summed E-state index contributed by atoms with van der Waals surface area (Å²) < 4.78 is 28.3. The van der Waals surface area contributed by atoms with Crippen LogP contribution < -0.4 is 10.6 Å². The summed E-state index contributed by atoms with van der Waals surface area (Å²) in [6, 6.07) is 7.63. The van der Waals surface area contributed by atoms with E-state index in [1.165, 1.54) is 0 Å². The zero-order chi connectivity index (χ0) is 16.9. The maximum absolute atomic E-state index is 12.7. The SMILES string of the molecule is COCc1ccccc1CNC(=O)C1(S(C)(=O)=O)CCNCC1.Cl. The molecular formula is C16H25ClN2O4S. The third-order valence-corrected chi connectivity index (χ3v) is 6.41. The summed E-state index contributed by atoms with van der Waals surface area (Å²) in [5.74, 6) is -0.409. The Morgan fingerprint density at radius 2 is 1.83 bits per heavy atom. The molecule has 2 N–H and O–H groups in total. The molecular weight excluding hydrogens is 352 g/mol. The molecule has 1 amide bonds. The van der Waals surface area contributed by atoms with Crippen molar-refractivity contribution < 1.29 is 17.9 Å². The van der Waals surface area contributed by atoms with Gasteiger partial charge in [-0.1, -0.05) is 24.3 Å². The minimum absolute atomic E-state index is 0. The van der Waals surface area contributed by atoms with E-state index in [9.17, 15) is 13.2 Å². The summed E-state index contributed by atoms with van der Waals surface area (Å²) in [5, 5.41) is 5.92. The normalized spacial score (nSPS) is 16.9.